The van der Waals surface area contributed by atoms with Gasteiger partial charge >= 0.3 is 0 Å². The van der Waals surface area contributed by atoms with Crippen LogP contribution in [0.3, 0.4) is 0 Å². The van der Waals surface area contributed by atoms with Crippen LogP contribution in [0, 0.1) is 29.3 Å². The minimum atomic E-state index is -0.913. The first-order valence-corrected chi connectivity index (χ1v) is 9.47. The summed E-state index contributed by atoms with van der Waals surface area (Å²) in [4.78, 5) is 0. The fraction of sp³-hybridized carbons (Fsp3) is 0.0769. The molecule has 148 valence electrons. The van der Waals surface area contributed by atoms with Crippen LogP contribution in [-0.2, 0) is 0 Å². The summed E-state index contributed by atoms with van der Waals surface area (Å²) in [7, 11) is 0. The minimum Gasteiger partial charge on any atom is -0.494 e. The van der Waals surface area contributed by atoms with E-state index in [1.54, 1.807) is 30.3 Å². The number of halogens is 3. The summed E-state index contributed by atoms with van der Waals surface area (Å²) in [5.74, 6) is 4.23. The van der Waals surface area contributed by atoms with Crippen LogP contribution >= 0.6 is 0 Å². The van der Waals surface area contributed by atoms with Crippen LogP contribution in [0.5, 0.6) is 5.75 Å². The lowest BCUT2D eigenvalue weighted by atomic mass is 10.0. The van der Waals surface area contributed by atoms with Crippen molar-refractivity contribution in [3.05, 3.63) is 101 Å². The molecule has 0 heterocycles. The van der Waals surface area contributed by atoms with Gasteiger partial charge in [0.05, 0.1) is 12.2 Å². The van der Waals surface area contributed by atoms with E-state index < -0.39 is 17.5 Å². The van der Waals surface area contributed by atoms with Crippen molar-refractivity contribution in [1.29, 1.82) is 0 Å². The van der Waals surface area contributed by atoms with Gasteiger partial charge in [-0.3, -0.25) is 0 Å². The highest BCUT2D eigenvalue weighted by Gasteiger charge is 2.06. The van der Waals surface area contributed by atoms with Gasteiger partial charge in [0.2, 0.25) is 0 Å². The summed E-state index contributed by atoms with van der Waals surface area (Å²) in [5.41, 5.74) is 2.46. The van der Waals surface area contributed by atoms with Crippen molar-refractivity contribution >= 4 is 10.8 Å². The van der Waals surface area contributed by atoms with E-state index in [0.29, 0.717) is 22.9 Å². The van der Waals surface area contributed by atoms with Crippen LogP contribution in [0.1, 0.15) is 18.1 Å². The van der Waals surface area contributed by atoms with Crippen LogP contribution in [0.4, 0.5) is 13.2 Å². The molecule has 0 bridgehead atoms. The predicted molar refractivity (Wildman–Crippen MR) is 113 cm³/mol. The average molecular weight is 402 g/mol. The molecule has 0 aliphatic heterocycles. The zero-order valence-electron chi connectivity index (χ0n) is 16.2. The van der Waals surface area contributed by atoms with Gasteiger partial charge in [0.15, 0.2) is 11.6 Å². The Hall–Kier alpha value is -3.71. The van der Waals surface area contributed by atoms with Crippen molar-refractivity contribution in [3.8, 4) is 28.7 Å². The maximum absolute atomic E-state index is 14.6. The monoisotopic (exact) mass is 402 g/mol. The predicted octanol–water partition coefficient (Wildman–Crippen LogP) is 6.72. The Morgan fingerprint density at radius 3 is 2.07 bits per heavy atom. The van der Waals surface area contributed by atoms with Crippen LogP contribution < -0.4 is 4.74 Å². The number of hydrogen-bond donors (Lipinski definition) is 0. The van der Waals surface area contributed by atoms with Crippen molar-refractivity contribution in [2.24, 2.45) is 0 Å². The third kappa shape index (κ3) is 4.16. The Morgan fingerprint density at radius 2 is 1.37 bits per heavy atom. The normalized spacial score (nSPS) is 10.5. The topological polar surface area (TPSA) is 9.23 Å². The van der Waals surface area contributed by atoms with Gasteiger partial charge in [0.25, 0.3) is 0 Å². The molecular formula is C26H17F3O. The number of ether oxygens (including phenoxy) is 1. The molecule has 30 heavy (non-hydrogen) atoms. The second-order valence-electron chi connectivity index (χ2n) is 6.73. The third-order valence-electron chi connectivity index (χ3n) is 4.69. The van der Waals surface area contributed by atoms with Crippen molar-refractivity contribution in [2.45, 2.75) is 6.92 Å². The lowest BCUT2D eigenvalue weighted by Gasteiger charge is -2.06. The summed E-state index contributed by atoms with van der Waals surface area (Å²) in [6, 6.07) is 19.6. The van der Waals surface area contributed by atoms with Gasteiger partial charge in [-0.05, 0) is 77.4 Å². The Bertz CT molecular complexity index is 1280. The van der Waals surface area contributed by atoms with Gasteiger partial charge in [-0.2, -0.15) is 0 Å². The molecule has 0 aliphatic rings. The molecule has 0 aromatic heterocycles. The molecule has 4 rings (SSSR count). The first-order valence-electron chi connectivity index (χ1n) is 9.47. The molecule has 4 aromatic rings. The maximum Gasteiger partial charge on any atom is 0.159 e. The van der Waals surface area contributed by atoms with Crippen LogP contribution in [0.2, 0.25) is 0 Å². The third-order valence-corrected chi connectivity index (χ3v) is 4.69. The summed E-state index contributed by atoms with van der Waals surface area (Å²) >= 11 is 0. The fourth-order valence-corrected chi connectivity index (χ4v) is 3.17. The Kier molecular flexibility index (Phi) is 5.45. The van der Waals surface area contributed by atoms with Crippen molar-refractivity contribution in [1.82, 2.24) is 0 Å². The van der Waals surface area contributed by atoms with Crippen molar-refractivity contribution < 1.29 is 17.9 Å². The largest absolute Gasteiger partial charge is 0.494 e. The molecule has 0 aliphatic carbocycles. The summed E-state index contributed by atoms with van der Waals surface area (Å²) in [5, 5.41) is 1.11. The lowest BCUT2D eigenvalue weighted by Crippen LogP contribution is -1.91. The average Bonchev–Trinajstić information content (AvgIpc) is 2.74. The molecule has 0 atom stereocenters. The first kappa shape index (κ1) is 19.6. The standard InChI is InChI=1S/C26H17F3O/c1-2-30-23-11-9-18(10-12-23)20-8-7-19(24(27)14-20)5-3-17-4-6-21-15-25(28)26(29)16-22(21)13-17/h4,6-16H,2H2,1H3. The second kappa shape index (κ2) is 8.34. The molecule has 0 spiro atoms. The Morgan fingerprint density at radius 1 is 0.667 bits per heavy atom. The second-order valence-corrected chi connectivity index (χ2v) is 6.73. The van der Waals surface area contributed by atoms with E-state index in [-0.39, 0.29) is 5.56 Å². The van der Waals surface area contributed by atoms with Gasteiger partial charge in [-0.15, -0.1) is 0 Å². The SMILES string of the molecule is CCOc1ccc(-c2ccc(C#Cc3ccc4cc(F)c(F)cc4c3)c(F)c2)cc1. The van der Waals surface area contributed by atoms with E-state index in [0.717, 1.165) is 29.0 Å². The van der Waals surface area contributed by atoms with Gasteiger partial charge < -0.3 is 4.74 Å². The molecule has 0 radical (unpaired) electrons. The van der Waals surface area contributed by atoms with Gasteiger partial charge in [-0.1, -0.05) is 36.1 Å². The molecule has 0 unspecified atom stereocenters. The number of hydrogen-bond acceptors (Lipinski definition) is 1. The first-order chi connectivity index (χ1) is 14.5. The van der Waals surface area contributed by atoms with Crippen molar-refractivity contribution in [3.63, 3.8) is 0 Å². The summed E-state index contributed by atoms with van der Waals surface area (Å²) < 4.78 is 46.8. The smallest absolute Gasteiger partial charge is 0.159 e. The number of fused-ring (bicyclic) bond motifs is 1. The Balaban J connectivity index is 1.59. The van der Waals surface area contributed by atoms with Gasteiger partial charge in [-0.25, -0.2) is 13.2 Å². The van der Waals surface area contributed by atoms with Gasteiger partial charge in [0, 0.05) is 5.56 Å². The van der Waals surface area contributed by atoms with Crippen LogP contribution in [0.25, 0.3) is 21.9 Å². The van der Waals surface area contributed by atoms with E-state index >= 15 is 0 Å². The minimum absolute atomic E-state index is 0.259. The highest BCUT2D eigenvalue weighted by Crippen LogP contribution is 2.24. The highest BCUT2D eigenvalue weighted by atomic mass is 19.2. The zero-order chi connectivity index (χ0) is 21.1. The van der Waals surface area contributed by atoms with Crippen LogP contribution in [0.15, 0.2) is 72.8 Å². The molecule has 0 fully saturated rings. The zero-order valence-corrected chi connectivity index (χ0v) is 16.2. The number of benzene rings is 4. The maximum atomic E-state index is 14.6. The van der Waals surface area contributed by atoms with Crippen molar-refractivity contribution in [2.75, 3.05) is 6.61 Å². The Labute approximate surface area is 172 Å². The fourth-order valence-electron chi connectivity index (χ4n) is 3.17. The molecule has 4 aromatic carbocycles. The van der Waals surface area contributed by atoms with Gasteiger partial charge in [0.1, 0.15) is 11.6 Å². The highest BCUT2D eigenvalue weighted by molar-refractivity contribution is 5.84. The summed E-state index contributed by atoms with van der Waals surface area (Å²) in [6.45, 7) is 2.50. The van der Waals surface area contributed by atoms with E-state index in [9.17, 15) is 13.2 Å². The molecule has 0 saturated heterocycles. The molecule has 0 N–H and O–H groups in total. The van der Waals surface area contributed by atoms with E-state index in [2.05, 4.69) is 11.8 Å². The lowest BCUT2D eigenvalue weighted by molar-refractivity contribution is 0.340. The molecule has 1 nitrogen and oxygen atoms in total. The van der Waals surface area contributed by atoms with Crippen LogP contribution in [-0.4, -0.2) is 6.61 Å². The molecular weight excluding hydrogens is 385 g/mol. The molecule has 4 heteroatoms. The summed E-state index contributed by atoms with van der Waals surface area (Å²) in [6.07, 6.45) is 0. The van der Waals surface area contributed by atoms with E-state index in [1.165, 1.54) is 6.07 Å². The quantitative estimate of drug-likeness (QED) is 0.346. The molecule has 0 amide bonds. The van der Waals surface area contributed by atoms with E-state index in [1.807, 2.05) is 31.2 Å². The van der Waals surface area contributed by atoms with E-state index in [4.69, 9.17) is 4.74 Å². The number of rotatable bonds is 3. The molecule has 0 saturated carbocycles.